The van der Waals surface area contributed by atoms with Gasteiger partial charge in [-0.3, -0.25) is 0 Å². The van der Waals surface area contributed by atoms with E-state index >= 15 is 0 Å². The fraction of sp³-hybridized carbons (Fsp3) is 0.586. The van der Waals surface area contributed by atoms with Crippen molar-refractivity contribution in [2.45, 2.75) is 111 Å². The van der Waals surface area contributed by atoms with Crippen LogP contribution in [0.1, 0.15) is 116 Å². The van der Waals surface area contributed by atoms with E-state index in [4.69, 9.17) is 0 Å². The normalized spacial score (nSPS) is 14.8. The SMILES string of the molecule is CC(C)(C)c1cc2[c](c(C(C)(C)C)c1)[Al][c]1c(cc(C(C)(C)C)cc1C(C)(C)C)C2. The molecule has 0 nitrogen and oxygen atoms in total. The van der Waals surface area contributed by atoms with Gasteiger partial charge in [0.25, 0.3) is 0 Å². The summed E-state index contributed by atoms with van der Waals surface area (Å²) >= 11 is 0.108. The molecule has 0 saturated carbocycles. The molecular weight excluding hydrogens is 375 g/mol. The number of fused-ring (bicyclic) bond motifs is 2. The quantitative estimate of drug-likeness (QED) is 0.369. The van der Waals surface area contributed by atoms with E-state index < -0.39 is 0 Å². The molecule has 2 aromatic rings. The van der Waals surface area contributed by atoms with Crippen molar-refractivity contribution in [2.24, 2.45) is 0 Å². The van der Waals surface area contributed by atoms with Gasteiger partial charge in [0.05, 0.1) is 0 Å². The molecule has 0 aliphatic carbocycles. The molecular formula is C29H42Al. The second-order valence-corrected chi connectivity index (χ2v) is 15.0. The average molecular weight is 418 g/mol. The summed E-state index contributed by atoms with van der Waals surface area (Å²) in [5.41, 5.74) is 9.97. The second-order valence-electron chi connectivity index (χ2n) is 13.5. The minimum Gasteiger partial charge on any atom is -0.110 e. The van der Waals surface area contributed by atoms with Crippen LogP contribution in [0.25, 0.3) is 0 Å². The number of hydrogen-bond donors (Lipinski definition) is 0. The summed E-state index contributed by atoms with van der Waals surface area (Å²) in [7, 11) is 0. The van der Waals surface area contributed by atoms with Gasteiger partial charge >= 0.3 is 15.2 Å². The van der Waals surface area contributed by atoms with E-state index in [0.29, 0.717) is 0 Å². The van der Waals surface area contributed by atoms with Crippen LogP contribution < -0.4 is 8.85 Å². The smallest absolute Gasteiger partial charge is 0.110 e. The molecule has 1 heteroatoms. The Morgan fingerprint density at radius 2 is 0.833 bits per heavy atom. The summed E-state index contributed by atoms with van der Waals surface area (Å²) in [5, 5.41) is 0. The minimum absolute atomic E-state index is 0.108. The first-order chi connectivity index (χ1) is 13.4. The number of rotatable bonds is 0. The molecule has 0 amide bonds. The van der Waals surface area contributed by atoms with Crippen LogP contribution >= 0.6 is 0 Å². The largest absolute Gasteiger partial charge is 0.300 e. The van der Waals surface area contributed by atoms with Gasteiger partial charge in [-0.15, -0.1) is 8.85 Å². The Hall–Kier alpha value is -1.03. The van der Waals surface area contributed by atoms with Crippen molar-refractivity contribution in [1.29, 1.82) is 0 Å². The molecule has 0 aromatic heterocycles. The third kappa shape index (κ3) is 4.59. The monoisotopic (exact) mass is 417 g/mol. The summed E-state index contributed by atoms with van der Waals surface area (Å²) in [6.45, 7) is 28.4. The van der Waals surface area contributed by atoms with E-state index in [9.17, 15) is 0 Å². The summed E-state index contributed by atoms with van der Waals surface area (Å²) in [6.07, 6.45) is 1.08. The Morgan fingerprint density at radius 1 is 0.500 bits per heavy atom. The van der Waals surface area contributed by atoms with E-state index in [1.807, 2.05) is 0 Å². The molecule has 30 heavy (non-hydrogen) atoms. The second kappa shape index (κ2) is 7.25. The van der Waals surface area contributed by atoms with Crippen molar-refractivity contribution in [3.05, 3.63) is 57.6 Å². The fourth-order valence-electron chi connectivity index (χ4n) is 4.52. The minimum atomic E-state index is 0.108. The van der Waals surface area contributed by atoms with Gasteiger partial charge in [0, 0.05) is 0 Å². The van der Waals surface area contributed by atoms with Gasteiger partial charge in [-0.05, 0) is 39.2 Å². The van der Waals surface area contributed by atoms with Crippen molar-refractivity contribution < 1.29 is 0 Å². The highest BCUT2D eigenvalue weighted by Crippen LogP contribution is 2.34. The molecule has 1 radical (unpaired) electrons. The lowest BCUT2D eigenvalue weighted by Crippen LogP contribution is -2.46. The molecule has 0 saturated heterocycles. The highest BCUT2D eigenvalue weighted by Gasteiger charge is 2.32. The summed E-state index contributed by atoms with van der Waals surface area (Å²) in [5.74, 6) is 0. The van der Waals surface area contributed by atoms with E-state index in [-0.39, 0.29) is 36.9 Å². The van der Waals surface area contributed by atoms with Gasteiger partial charge in [0.1, 0.15) is 0 Å². The van der Waals surface area contributed by atoms with Crippen LogP contribution in [0.2, 0.25) is 0 Å². The van der Waals surface area contributed by atoms with Crippen LogP contribution in [-0.4, -0.2) is 15.2 Å². The average Bonchev–Trinajstić information content (AvgIpc) is 2.54. The lowest BCUT2D eigenvalue weighted by molar-refractivity contribution is 0.568. The Morgan fingerprint density at radius 3 is 1.10 bits per heavy atom. The number of hydrogen-bond acceptors (Lipinski definition) is 0. The van der Waals surface area contributed by atoms with Crippen LogP contribution in [0.15, 0.2) is 24.3 Å². The van der Waals surface area contributed by atoms with Crippen molar-refractivity contribution in [3.63, 3.8) is 0 Å². The zero-order valence-corrected chi connectivity index (χ0v) is 22.7. The summed E-state index contributed by atoms with van der Waals surface area (Å²) in [6, 6.07) is 10.1. The van der Waals surface area contributed by atoms with Crippen molar-refractivity contribution in [3.8, 4) is 0 Å². The van der Waals surface area contributed by atoms with E-state index in [1.54, 1.807) is 31.1 Å². The van der Waals surface area contributed by atoms with Crippen molar-refractivity contribution >= 4 is 24.1 Å². The Bertz CT molecular complexity index is 884. The molecule has 3 rings (SSSR count). The van der Waals surface area contributed by atoms with Crippen molar-refractivity contribution in [1.82, 2.24) is 0 Å². The zero-order valence-electron chi connectivity index (χ0n) is 21.6. The highest BCUT2D eigenvalue weighted by atomic mass is 27.1. The van der Waals surface area contributed by atoms with Crippen LogP contribution in [0.4, 0.5) is 0 Å². The lowest BCUT2D eigenvalue weighted by Gasteiger charge is -2.36. The van der Waals surface area contributed by atoms with Crippen LogP contribution in [0.3, 0.4) is 0 Å². The third-order valence-corrected chi connectivity index (χ3v) is 8.49. The molecule has 1 aliphatic rings. The molecule has 0 fully saturated rings. The molecule has 161 valence electrons. The van der Waals surface area contributed by atoms with Crippen molar-refractivity contribution in [2.75, 3.05) is 0 Å². The lowest BCUT2D eigenvalue weighted by atomic mass is 9.77. The maximum Gasteiger partial charge on any atom is 0.300 e. The first-order valence-electron chi connectivity index (χ1n) is 11.6. The molecule has 0 bridgehead atoms. The zero-order chi connectivity index (χ0) is 22.9. The molecule has 1 heterocycles. The molecule has 1 aliphatic heterocycles. The first kappa shape index (κ1) is 23.6. The first-order valence-corrected chi connectivity index (χ1v) is 12.7. The summed E-state index contributed by atoms with van der Waals surface area (Å²) in [4.78, 5) is 0. The van der Waals surface area contributed by atoms with Gasteiger partial charge in [-0.1, -0.05) is 130 Å². The molecule has 0 unspecified atom stereocenters. The third-order valence-electron chi connectivity index (χ3n) is 6.55. The summed E-state index contributed by atoms with van der Waals surface area (Å²) < 4.78 is 3.33. The van der Waals surface area contributed by atoms with Crippen LogP contribution in [0, 0.1) is 0 Å². The van der Waals surface area contributed by atoms with Gasteiger partial charge in [-0.25, -0.2) is 0 Å². The molecule has 0 spiro atoms. The predicted octanol–water partition coefficient (Wildman–Crippen LogP) is 6.44. The van der Waals surface area contributed by atoms with Crippen LogP contribution in [-0.2, 0) is 28.1 Å². The van der Waals surface area contributed by atoms with Gasteiger partial charge < -0.3 is 0 Å². The van der Waals surface area contributed by atoms with E-state index in [2.05, 4.69) is 107 Å². The fourth-order valence-corrected chi connectivity index (χ4v) is 6.89. The van der Waals surface area contributed by atoms with Gasteiger partial charge in [0.2, 0.25) is 0 Å². The molecule has 2 aromatic carbocycles. The van der Waals surface area contributed by atoms with Crippen LogP contribution in [0.5, 0.6) is 0 Å². The van der Waals surface area contributed by atoms with Gasteiger partial charge in [0.15, 0.2) is 0 Å². The number of benzene rings is 2. The van der Waals surface area contributed by atoms with E-state index in [1.165, 1.54) is 11.1 Å². The maximum atomic E-state index is 2.53. The van der Waals surface area contributed by atoms with Gasteiger partial charge in [-0.2, -0.15) is 0 Å². The maximum absolute atomic E-state index is 2.53. The Kier molecular flexibility index (Phi) is 5.71. The topological polar surface area (TPSA) is 0 Å². The Balaban J connectivity index is 2.29. The van der Waals surface area contributed by atoms with E-state index in [0.717, 1.165) is 6.42 Å². The Labute approximate surface area is 192 Å². The standard InChI is InChI=1S/C29H42.Al/c1-26(2,3)22-14-20(15-23(18-22)27(4,5)6)13-21-16-24(28(7,8)9)19-25(17-21)29(10,11)12;/h14,16,18-19H,13H2,1-12H3;. The molecule has 0 atom stereocenters. The highest BCUT2D eigenvalue weighted by molar-refractivity contribution is 6.70. The predicted molar refractivity (Wildman–Crippen MR) is 136 cm³/mol. The molecule has 0 N–H and O–H groups in total.